The molecule has 1 aliphatic heterocycles. The molecule has 0 radical (unpaired) electrons. The summed E-state index contributed by atoms with van der Waals surface area (Å²) in [6.45, 7) is 2.30. The van der Waals surface area contributed by atoms with E-state index in [0.29, 0.717) is 29.3 Å². The van der Waals surface area contributed by atoms with Crippen LogP contribution >= 0.6 is 0 Å². The molecule has 0 aliphatic carbocycles. The standard InChI is InChI=1S/C21H22N2O6/c1-14(24)23(12-15-3-8-18-19(11-15)29-13-28-18)10-9-20(25)22-17-6-4-16(5-7-17)21(26)27-2/h3-8,11H,9-10,12-13H2,1-2H3,(H,22,25). The number of rotatable bonds is 7. The van der Waals surface area contributed by atoms with Gasteiger partial charge in [0.05, 0.1) is 12.7 Å². The van der Waals surface area contributed by atoms with E-state index in [-0.39, 0.29) is 31.6 Å². The fourth-order valence-electron chi connectivity index (χ4n) is 2.88. The lowest BCUT2D eigenvalue weighted by atomic mass is 10.2. The molecule has 0 bridgehead atoms. The van der Waals surface area contributed by atoms with Gasteiger partial charge in [-0.25, -0.2) is 4.79 Å². The highest BCUT2D eigenvalue weighted by Gasteiger charge is 2.16. The maximum absolute atomic E-state index is 12.2. The first-order valence-electron chi connectivity index (χ1n) is 9.08. The highest BCUT2D eigenvalue weighted by atomic mass is 16.7. The minimum Gasteiger partial charge on any atom is -0.465 e. The Labute approximate surface area is 168 Å². The number of carbonyl (C=O) groups is 3. The first-order valence-corrected chi connectivity index (χ1v) is 9.08. The summed E-state index contributed by atoms with van der Waals surface area (Å²) in [7, 11) is 1.31. The Balaban J connectivity index is 1.54. The van der Waals surface area contributed by atoms with Gasteiger partial charge in [-0.05, 0) is 42.0 Å². The lowest BCUT2D eigenvalue weighted by Crippen LogP contribution is -2.31. The highest BCUT2D eigenvalue weighted by molar-refractivity contribution is 5.93. The number of benzene rings is 2. The fraction of sp³-hybridized carbons (Fsp3) is 0.286. The van der Waals surface area contributed by atoms with E-state index >= 15 is 0 Å². The zero-order chi connectivity index (χ0) is 20.8. The van der Waals surface area contributed by atoms with Gasteiger partial charge in [-0.15, -0.1) is 0 Å². The molecule has 1 heterocycles. The second-order valence-electron chi connectivity index (χ2n) is 6.50. The van der Waals surface area contributed by atoms with Gasteiger partial charge >= 0.3 is 5.97 Å². The van der Waals surface area contributed by atoms with E-state index in [9.17, 15) is 14.4 Å². The summed E-state index contributed by atoms with van der Waals surface area (Å²) in [6, 6.07) is 11.9. The smallest absolute Gasteiger partial charge is 0.337 e. The minimum atomic E-state index is -0.441. The van der Waals surface area contributed by atoms with Crippen LogP contribution in [0.4, 0.5) is 5.69 Å². The average molecular weight is 398 g/mol. The molecule has 0 aromatic heterocycles. The Morgan fingerprint density at radius 1 is 1.07 bits per heavy atom. The van der Waals surface area contributed by atoms with Crippen LogP contribution in [0.15, 0.2) is 42.5 Å². The van der Waals surface area contributed by atoms with Crippen molar-refractivity contribution >= 4 is 23.5 Å². The molecule has 2 aromatic carbocycles. The van der Waals surface area contributed by atoms with Crippen LogP contribution in [0.2, 0.25) is 0 Å². The van der Waals surface area contributed by atoms with Crippen LogP contribution in [0.1, 0.15) is 29.3 Å². The summed E-state index contributed by atoms with van der Waals surface area (Å²) in [5, 5.41) is 2.75. The van der Waals surface area contributed by atoms with Crippen molar-refractivity contribution in [3.05, 3.63) is 53.6 Å². The van der Waals surface area contributed by atoms with Crippen molar-refractivity contribution in [2.45, 2.75) is 19.9 Å². The second kappa shape index (κ2) is 9.09. The van der Waals surface area contributed by atoms with Crippen molar-refractivity contribution in [2.75, 3.05) is 25.8 Å². The number of hydrogen-bond donors (Lipinski definition) is 1. The van der Waals surface area contributed by atoms with Gasteiger partial charge in [0, 0.05) is 32.1 Å². The third-order valence-corrected chi connectivity index (χ3v) is 4.45. The zero-order valence-corrected chi connectivity index (χ0v) is 16.3. The SMILES string of the molecule is COC(=O)c1ccc(NC(=O)CCN(Cc2ccc3c(c2)OCO3)C(C)=O)cc1. The summed E-state index contributed by atoms with van der Waals surface area (Å²) in [4.78, 5) is 37.3. The van der Waals surface area contributed by atoms with E-state index in [2.05, 4.69) is 10.1 Å². The van der Waals surface area contributed by atoms with Gasteiger partial charge in [0.15, 0.2) is 11.5 Å². The van der Waals surface area contributed by atoms with Gasteiger partial charge in [0.2, 0.25) is 18.6 Å². The monoisotopic (exact) mass is 398 g/mol. The van der Waals surface area contributed by atoms with Crippen molar-refractivity contribution in [1.82, 2.24) is 4.90 Å². The van der Waals surface area contributed by atoms with Crippen molar-refractivity contribution in [2.24, 2.45) is 0 Å². The van der Waals surface area contributed by atoms with Crippen LogP contribution < -0.4 is 14.8 Å². The molecule has 2 aromatic rings. The summed E-state index contributed by atoms with van der Waals surface area (Å²) < 4.78 is 15.3. The van der Waals surface area contributed by atoms with Gasteiger partial charge < -0.3 is 24.4 Å². The lowest BCUT2D eigenvalue weighted by Gasteiger charge is -2.21. The molecular formula is C21H22N2O6. The van der Waals surface area contributed by atoms with Gasteiger partial charge in [0.25, 0.3) is 0 Å². The summed E-state index contributed by atoms with van der Waals surface area (Å²) in [6.07, 6.45) is 0.142. The molecule has 1 aliphatic rings. The zero-order valence-electron chi connectivity index (χ0n) is 16.3. The van der Waals surface area contributed by atoms with Crippen LogP contribution in [-0.2, 0) is 20.9 Å². The molecule has 0 saturated carbocycles. The average Bonchev–Trinajstić information content (AvgIpc) is 3.18. The number of nitrogens with one attached hydrogen (secondary N) is 1. The molecule has 0 atom stereocenters. The maximum Gasteiger partial charge on any atom is 0.337 e. The van der Waals surface area contributed by atoms with E-state index in [4.69, 9.17) is 9.47 Å². The number of fused-ring (bicyclic) bond motifs is 1. The molecule has 1 N–H and O–H groups in total. The Bertz CT molecular complexity index is 910. The van der Waals surface area contributed by atoms with Crippen LogP contribution in [0.3, 0.4) is 0 Å². The van der Waals surface area contributed by atoms with Crippen LogP contribution in [-0.4, -0.2) is 43.1 Å². The molecule has 29 heavy (non-hydrogen) atoms. The first-order chi connectivity index (χ1) is 14.0. The molecule has 2 amide bonds. The predicted octanol–water partition coefficient (Wildman–Crippen LogP) is 2.58. The Hall–Kier alpha value is -3.55. The van der Waals surface area contributed by atoms with E-state index in [1.807, 2.05) is 12.1 Å². The quantitative estimate of drug-likeness (QED) is 0.721. The number of nitrogens with zero attached hydrogens (tertiary/aromatic N) is 1. The normalized spacial score (nSPS) is 11.7. The lowest BCUT2D eigenvalue weighted by molar-refractivity contribution is -0.129. The molecule has 0 saturated heterocycles. The van der Waals surface area contributed by atoms with Gasteiger partial charge in [0.1, 0.15) is 0 Å². The minimum absolute atomic E-state index is 0.127. The van der Waals surface area contributed by atoms with E-state index in [1.165, 1.54) is 14.0 Å². The number of carbonyl (C=O) groups excluding carboxylic acids is 3. The summed E-state index contributed by atoms with van der Waals surface area (Å²) >= 11 is 0. The topological polar surface area (TPSA) is 94.2 Å². The van der Waals surface area contributed by atoms with Crippen molar-refractivity contribution in [1.29, 1.82) is 0 Å². The van der Waals surface area contributed by atoms with Gasteiger partial charge in [-0.1, -0.05) is 6.07 Å². The third kappa shape index (κ3) is 5.25. The highest BCUT2D eigenvalue weighted by Crippen LogP contribution is 2.32. The number of amides is 2. The number of anilines is 1. The van der Waals surface area contributed by atoms with Gasteiger partial charge in [-0.2, -0.15) is 0 Å². The van der Waals surface area contributed by atoms with E-state index in [1.54, 1.807) is 35.2 Å². The molecule has 152 valence electrons. The summed E-state index contributed by atoms with van der Waals surface area (Å²) in [5.74, 6) is 0.536. The molecule has 8 heteroatoms. The number of esters is 1. The largest absolute Gasteiger partial charge is 0.465 e. The molecule has 0 spiro atoms. The fourth-order valence-corrected chi connectivity index (χ4v) is 2.88. The number of ether oxygens (including phenoxy) is 3. The van der Waals surface area contributed by atoms with Crippen LogP contribution in [0.5, 0.6) is 11.5 Å². The number of methoxy groups -OCH3 is 1. The predicted molar refractivity (Wildman–Crippen MR) is 105 cm³/mol. The summed E-state index contributed by atoms with van der Waals surface area (Å²) in [5.41, 5.74) is 1.85. The van der Waals surface area contributed by atoms with Crippen molar-refractivity contribution in [3.8, 4) is 11.5 Å². The molecule has 8 nitrogen and oxygen atoms in total. The van der Waals surface area contributed by atoms with Gasteiger partial charge in [-0.3, -0.25) is 9.59 Å². The van der Waals surface area contributed by atoms with E-state index < -0.39 is 5.97 Å². The van der Waals surface area contributed by atoms with Crippen LogP contribution in [0, 0.1) is 0 Å². The molecular weight excluding hydrogens is 376 g/mol. The molecule has 3 rings (SSSR count). The first kappa shape index (κ1) is 20.2. The third-order valence-electron chi connectivity index (χ3n) is 4.45. The van der Waals surface area contributed by atoms with Crippen LogP contribution in [0.25, 0.3) is 0 Å². The Kier molecular flexibility index (Phi) is 6.33. The maximum atomic E-state index is 12.2. The van der Waals surface area contributed by atoms with E-state index in [0.717, 1.165) is 5.56 Å². The number of hydrogen-bond acceptors (Lipinski definition) is 6. The molecule has 0 fully saturated rings. The Morgan fingerprint density at radius 2 is 1.79 bits per heavy atom. The second-order valence-corrected chi connectivity index (χ2v) is 6.50. The molecule has 0 unspecified atom stereocenters. The van der Waals surface area contributed by atoms with Crippen molar-refractivity contribution in [3.63, 3.8) is 0 Å². The van der Waals surface area contributed by atoms with Crippen molar-refractivity contribution < 1.29 is 28.6 Å². The Morgan fingerprint density at radius 3 is 2.48 bits per heavy atom.